The molecule has 1 aliphatic rings. The summed E-state index contributed by atoms with van der Waals surface area (Å²) in [7, 11) is 0. The van der Waals surface area contributed by atoms with Gasteiger partial charge < -0.3 is 9.13 Å². The van der Waals surface area contributed by atoms with Crippen molar-refractivity contribution < 1.29 is 0 Å². The van der Waals surface area contributed by atoms with E-state index in [9.17, 15) is 0 Å². The fourth-order valence-corrected chi connectivity index (χ4v) is 6.78. The van der Waals surface area contributed by atoms with Crippen molar-refractivity contribution in [3.63, 3.8) is 0 Å². The van der Waals surface area contributed by atoms with Crippen molar-refractivity contribution >= 4 is 43.6 Å². The van der Waals surface area contributed by atoms with Crippen LogP contribution in [0.15, 0.2) is 109 Å². The van der Waals surface area contributed by atoms with Crippen LogP contribution < -0.4 is 0 Å². The van der Waals surface area contributed by atoms with E-state index < -0.39 is 0 Å². The number of terminal acetylenes is 2. The second kappa shape index (κ2) is 12.2. The van der Waals surface area contributed by atoms with E-state index in [4.69, 9.17) is 12.8 Å². The standard InChI is InChI=1S/C24H16N2.C15H14.C2H6.CH4/c1-3-13-25-21-11-7-5-9-17(21)19-16-24-20(15-23(19)25)18-10-6-8-12-22(18)26(24)14-4-2;1-15(2)13-9-5-3-7-11(13)12-8-4-6-10-14(12)15;1-2;/h1-2,5-12,15-16H,13-14H2;3-10H,1-2H3;1-2H3;1H4. The van der Waals surface area contributed by atoms with Crippen molar-refractivity contribution in [2.45, 2.75) is 53.6 Å². The first-order chi connectivity index (χ1) is 21.0. The second-order valence-corrected chi connectivity index (χ2v) is 11.2. The van der Waals surface area contributed by atoms with E-state index in [1.807, 2.05) is 13.8 Å². The Balaban J connectivity index is 0.000000182. The fourth-order valence-electron chi connectivity index (χ4n) is 6.78. The maximum atomic E-state index is 5.65. The van der Waals surface area contributed by atoms with Crippen LogP contribution in [0.25, 0.3) is 54.7 Å². The van der Waals surface area contributed by atoms with Crippen molar-refractivity contribution in [2.24, 2.45) is 0 Å². The SMILES string of the molecule is C.C#CCn1c2ccccc2c2cc3c(cc21)c1ccccc1n3CC#C.CC.CC1(C)c2ccccc2-c2ccccc21. The number of hydrogen-bond donors (Lipinski definition) is 0. The molecular formula is C42H40N2. The minimum atomic E-state index is 0. The number of benzene rings is 5. The highest BCUT2D eigenvalue weighted by Crippen LogP contribution is 2.48. The van der Waals surface area contributed by atoms with E-state index in [1.54, 1.807) is 0 Å². The summed E-state index contributed by atoms with van der Waals surface area (Å²) in [5.74, 6) is 5.59. The Kier molecular flexibility index (Phi) is 8.40. The molecule has 0 aliphatic heterocycles. The maximum absolute atomic E-state index is 5.65. The molecule has 1 aliphatic carbocycles. The third kappa shape index (κ3) is 4.65. The lowest BCUT2D eigenvalue weighted by molar-refractivity contribution is 0.660. The molecule has 2 heteroatoms. The summed E-state index contributed by atoms with van der Waals surface area (Å²) in [4.78, 5) is 0. The highest BCUT2D eigenvalue weighted by molar-refractivity contribution is 6.17. The summed E-state index contributed by atoms with van der Waals surface area (Å²) in [6.07, 6.45) is 11.3. The highest BCUT2D eigenvalue weighted by Gasteiger charge is 2.34. The summed E-state index contributed by atoms with van der Waals surface area (Å²) in [5, 5.41) is 4.86. The molecule has 218 valence electrons. The van der Waals surface area contributed by atoms with Gasteiger partial charge in [-0.25, -0.2) is 0 Å². The molecule has 0 amide bonds. The normalized spacial score (nSPS) is 12.2. The number of nitrogens with zero attached hydrogens (tertiary/aromatic N) is 2. The van der Waals surface area contributed by atoms with Crippen LogP contribution in [-0.4, -0.2) is 9.13 Å². The Morgan fingerprint density at radius 3 is 1.30 bits per heavy atom. The van der Waals surface area contributed by atoms with Crippen molar-refractivity contribution in [2.75, 3.05) is 0 Å². The van der Waals surface area contributed by atoms with Gasteiger partial charge in [0.15, 0.2) is 0 Å². The van der Waals surface area contributed by atoms with Crippen molar-refractivity contribution in [3.05, 3.63) is 120 Å². The van der Waals surface area contributed by atoms with Crippen LogP contribution in [0.2, 0.25) is 0 Å². The average molecular weight is 573 g/mol. The third-order valence-corrected chi connectivity index (χ3v) is 8.66. The van der Waals surface area contributed by atoms with Crippen LogP contribution in [0.4, 0.5) is 0 Å². The first-order valence-corrected chi connectivity index (χ1v) is 15.0. The monoisotopic (exact) mass is 572 g/mol. The Morgan fingerprint density at radius 2 is 0.886 bits per heavy atom. The van der Waals surface area contributed by atoms with Gasteiger partial charge in [0.05, 0.1) is 24.1 Å². The zero-order chi connectivity index (χ0) is 30.1. The lowest BCUT2D eigenvalue weighted by atomic mass is 9.82. The molecule has 44 heavy (non-hydrogen) atoms. The number of para-hydroxylation sites is 2. The Bertz CT molecular complexity index is 2050. The van der Waals surface area contributed by atoms with Gasteiger partial charge in [0.25, 0.3) is 0 Å². The second-order valence-electron chi connectivity index (χ2n) is 11.2. The molecular weight excluding hydrogens is 532 g/mol. The maximum Gasteiger partial charge on any atom is 0.0841 e. The van der Waals surface area contributed by atoms with Gasteiger partial charge in [-0.1, -0.05) is 132 Å². The van der Waals surface area contributed by atoms with Crippen LogP contribution in [0.3, 0.4) is 0 Å². The summed E-state index contributed by atoms with van der Waals surface area (Å²) >= 11 is 0. The molecule has 8 rings (SSSR count). The van der Waals surface area contributed by atoms with Gasteiger partial charge in [-0.05, 0) is 46.5 Å². The molecule has 0 fully saturated rings. The van der Waals surface area contributed by atoms with Gasteiger partial charge in [0, 0.05) is 38.0 Å². The van der Waals surface area contributed by atoms with Gasteiger partial charge in [-0.15, -0.1) is 12.8 Å². The number of aromatic nitrogens is 2. The lowest BCUT2D eigenvalue weighted by Gasteiger charge is -2.20. The predicted octanol–water partition coefficient (Wildman–Crippen LogP) is 10.8. The fraction of sp³-hybridized carbons (Fsp3) is 0.190. The Morgan fingerprint density at radius 1 is 0.523 bits per heavy atom. The van der Waals surface area contributed by atoms with E-state index in [1.165, 1.54) is 65.9 Å². The highest BCUT2D eigenvalue weighted by atomic mass is 15.0. The van der Waals surface area contributed by atoms with Crippen molar-refractivity contribution in [1.29, 1.82) is 0 Å². The average Bonchev–Trinajstić information content (AvgIpc) is 3.62. The molecule has 0 atom stereocenters. The van der Waals surface area contributed by atoms with E-state index >= 15 is 0 Å². The number of rotatable bonds is 2. The largest absolute Gasteiger partial charge is 0.329 e. The molecule has 5 aromatic carbocycles. The minimum absolute atomic E-state index is 0. The van der Waals surface area contributed by atoms with Gasteiger partial charge in [0.2, 0.25) is 0 Å². The van der Waals surface area contributed by atoms with Crippen LogP contribution in [-0.2, 0) is 18.5 Å². The van der Waals surface area contributed by atoms with E-state index in [-0.39, 0.29) is 12.8 Å². The first kappa shape index (κ1) is 30.3. The Hall–Kier alpha value is -5.18. The molecule has 2 aromatic heterocycles. The molecule has 0 unspecified atom stereocenters. The van der Waals surface area contributed by atoms with Gasteiger partial charge in [-0.3, -0.25) is 0 Å². The molecule has 0 saturated heterocycles. The molecule has 7 aromatic rings. The van der Waals surface area contributed by atoms with Crippen LogP contribution in [0, 0.1) is 24.7 Å². The number of hydrogen-bond acceptors (Lipinski definition) is 0. The lowest BCUT2D eigenvalue weighted by Crippen LogP contribution is -2.14. The first-order valence-electron chi connectivity index (χ1n) is 15.0. The van der Waals surface area contributed by atoms with Gasteiger partial charge in [-0.2, -0.15) is 0 Å². The zero-order valence-corrected chi connectivity index (χ0v) is 25.4. The molecule has 2 nitrogen and oxygen atoms in total. The summed E-state index contributed by atoms with van der Waals surface area (Å²) in [6, 6.07) is 38.8. The Labute approximate surface area is 261 Å². The molecule has 0 saturated carbocycles. The van der Waals surface area contributed by atoms with Crippen molar-refractivity contribution in [1.82, 2.24) is 9.13 Å². The third-order valence-electron chi connectivity index (χ3n) is 8.66. The van der Waals surface area contributed by atoms with Gasteiger partial charge in [0.1, 0.15) is 0 Å². The van der Waals surface area contributed by atoms with E-state index in [0.29, 0.717) is 13.1 Å². The number of fused-ring (bicyclic) bond motifs is 9. The smallest absolute Gasteiger partial charge is 0.0841 e. The van der Waals surface area contributed by atoms with Crippen LogP contribution in [0.1, 0.15) is 46.2 Å². The van der Waals surface area contributed by atoms with Crippen molar-refractivity contribution in [3.8, 4) is 35.8 Å². The van der Waals surface area contributed by atoms with Crippen LogP contribution >= 0.6 is 0 Å². The summed E-state index contributed by atoms with van der Waals surface area (Å²) in [6.45, 7) is 9.71. The molecule has 2 heterocycles. The summed E-state index contributed by atoms with van der Waals surface area (Å²) in [5.41, 5.74) is 10.5. The topological polar surface area (TPSA) is 9.86 Å². The molecule has 0 N–H and O–H groups in total. The van der Waals surface area contributed by atoms with Crippen LogP contribution in [0.5, 0.6) is 0 Å². The molecule has 0 spiro atoms. The predicted molar refractivity (Wildman–Crippen MR) is 192 cm³/mol. The van der Waals surface area contributed by atoms with E-state index in [2.05, 4.69) is 144 Å². The molecule has 0 radical (unpaired) electrons. The summed E-state index contributed by atoms with van der Waals surface area (Å²) < 4.78 is 4.44. The van der Waals surface area contributed by atoms with E-state index in [0.717, 1.165) is 0 Å². The zero-order valence-electron chi connectivity index (χ0n) is 25.4. The van der Waals surface area contributed by atoms with Gasteiger partial charge >= 0.3 is 0 Å². The quantitative estimate of drug-likeness (QED) is 0.182. The minimum Gasteiger partial charge on any atom is -0.329 e. The molecule has 0 bridgehead atoms.